The monoisotopic (exact) mass is 285 g/mol. The normalized spacial score (nSPS) is 10.6. The summed E-state index contributed by atoms with van der Waals surface area (Å²) < 4.78 is 14.0. The van der Waals surface area contributed by atoms with E-state index in [1.54, 1.807) is 6.07 Å². The lowest BCUT2D eigenvalue weighted by atomic mass is 10.1. The van der Waals surface area contributed by atoms with Crippen LogP contribution in [0.3, 0.4) is 0 Å². The van der Waals surface area contributed by atoms with Crippen LogP contribution in [0.1, 0.15) is 5.56 Å². The van der Waals surface area contributed by atoms with E-state index in [0.29, 0.717) is 0 Å². The van der Waals surface area contributed by atoms with Crippen molar-refractivity contribution in [1.29, 1.82) is 0 Å². The number of halogens is 2. The van der Waals surface area contributed by atoms with E-state index in [1.165, 1.54) is 23.5 Å². The van der Waals surface area contributed by atoms with Crippen LogP contribution in [0.15, 0.2) is 28.1 Å². The van der Waals surface area contributed by atoms with Crippen LogP contribution in [0.5, 0.6) is 0 Å². The Morgan fingerprint density at radius 3 is 2.67 bits per heavy atom. The Hall–Kier alpha value is -0.870. The molecule has 0 bridgehead atoms. The Bertz CT molecular complexity index is 507. The molecular weight excluding hydrogens is 277 g/mol. The van der Waals surface area contributed by atoms with E-state index in [9.17, 15) is 4.39 Å². The molecule has 1 heterocycles. The van der Waals surface area contributed by atoms with Gasteiger partial charge in [0.25, 0.3) is 0 Å². The zero-order chi connectivity index (χ0) is 11.0. The first-order chi connectivity index (χ1) is 7.09. The van der Waals surface area contributed by atoms with Crippen LogP contribution in [0.4, 0.5) is 10.1 Å². The average molecular weight is 286 g/mol. The lowest BCUT2D eigenvalue weighted by Crippen LogP contribution is -1.85. The van der Waals surface area contributed by atoms with Crippen molar-refractivity contribution >= 4 is 33.0 Å². The number of thiophene rings is 1. The van der Waals surface area contributed by atoms with Crippen LogP contribution >= 0.6 is 27.3 Å². The van der Waals surface area contributed by atoms with Crippen LogP contribution in [-0.4, -0.2) is 0 Å². The Balaban J connectivity index is 2.59. The summed E-state index contributed by atoms with van der Waals surface area (Å²) in [6.45, 7) is 1.94. The van der Waals surface area contributed by atoms with Crippen molar-refractivity contribution in [2.45, 2.75) is 6.92 Å². The Kier molecular flexibility index (Phi) is 2.80. The van der Waals surface area contributed by atoms with Gasteiger partial charge in [-0.15, -0.1) is 11.3 Å². The number of hydrogen-bond donors (Lipinski definition) is 1. The second-order valence-electron chi connectivity index (χ2n) is 3.25. The summed E-state index contributed by atoms with van der Waals surface area (Å²) in [7, 11) is 0. The molecule has 1 aromatic carbocycles. The minimum atomic E-state index is -0.227. The van der Waals surface area contributed by atoms with E-state index in [4.69, 9.17) is 5.73 Å². The highest BCUT2D eigenvalue weighted by molar-refractivity contribution is 9.11. The molecule has 0 atom stereocenters. The minimum absolute atomic E-state index is 0.227. The summed E-state index contributed by atoms with van der Waals surface area (Å²) in [5.74, 6) is -0.227. The summed E-state index contributed by atoms with van der Waals surface area (Å²) >= 11 is 4.91. The Morgan fingerprint density at radius 2 is 2.13 bits per heavy atom. The summed E-state index contributed by atoms with van der Waals surface area (Å²) in [5.41, 5.74) is 8.45. The number of nitrogen functional groups attached to an aromatic ring is 1. The van der Waals surface area contributed by atoms with E-state index >= 15 is 0 Å². The third-order valence-corrected chi connectivity index (χ3v) is 4.29. The zero-order valence-electron chi connectivity index (χ0n) is 8.05. The second-order valence-corrected chi connectivity index (χ2v) is 5.59. The summed E-state index contributed by atoms with van der Waals surface area (Å²) in [6.07, 6.45) is 0. The molecule has 4 heteroatoms. The molecule has 0 amide bonds. The van der Waals surface area contributed by atoms with Gasteiger partial charge >= 0.3 is 0 Å². The van der Waals surface area contributed by atoms with E-state index < -0.39 is 0 Å². The molecule has 0 saturated carbocycles. The highest BCUT2D eigenvalue weighted by Gasteiger charge is 2.12. The van der Waals surface area contributed by atoms with E-state index in [2.05, 4.69) is 15.9 Å². The van der Waals surface area contributed by atoms with Crippen molar-refractivity contribution in [3.63, 3.8) is 0 Å². The maximum Gasteiger partial charge on any atom is 0.123 e. The summed E-state index contributed by atoms with van der Waals surface area (Å²) in [6, 6.07) is 6.54. The van der Waals surface area contributed by atoms with Crippen molar-refractivity contribution in [1.82, 2.24) is 0 Å². The molecule has 78 valence electrons. The first-order valence-corrected chi connectivity index (χ1v) is 6.01. The SMILES string of the molecule is Cc1c(-c2cccc(F)c2)sc(Br)c1N. The molecule has 15 heavy (non-hydrogen) atoms. The molecule has 0 fully saturated rings. The molecule has 0 aliphatic carbocycles. The molecule has 1 nitrogen and oxygen atoms in total. The van der Waals surface area contributed by atoms with E-state index in [0.717, 1.165) is 25.5 Å². The van der Waals surface area contributed by atoms with Gasteiger partial charge in [0.2, 0.25) is 0 Å². The minimum Gasteiger partial charge on any atom is -0.397 e. The van der Waals surface area contributed by atoms with Crippen LogP contribution in [-0.2, 0) is 0 Å². The highest BCUT2D eigenvalue weighted by atomic mass is 79.9. The van der Waals surface area contributed by atoms with Gasteiger partial charge in [-0.25, -0.2) is 4.39 Å². The molecule has 0 saturated heterocycles. The van der Waals surface area contributed by atoms with E-state index in [1.807, 2.05) is 13.0 Å². The maximum atomic E-state index is 13.1. The van der Waals surface area contributed by atoms with Crippen molar-refractivity contribution < 1.29 is 4.39 Å². The predicted octanol–water partition coefficient (Wildman–Crippen LogP) is 4.21. The smallest absolute Gasteiger partial charge is 0.123 e. The number of nitrogens with two attached hydrogens (primary N) is 1. The Labute approximate surface area is 99.9 Å². The van der Waals surface area contributed by atoms with Gasteiger partial charge < -0.3 is 5.73 Å². The van der Waals surface area contributed by atoms with Crippen molar-refractivity contribution in [3.8, 4) is 10.4 Å². The molecule has 2 N–H and O–H groups in total. The van der Waals surface area contributed by atoms with Crippen LogP contribution in [0.2, 0.25) is 0 Å². The first kappa shape index (κ1) is 10.6. The van der Waals surface area contributed by atoms with Crippen LogP contribution < -0.4 is 5.73 Å². The van der Waals surface area contributed by atoms with E-state index in [-0.39, 0.29) is 5.82 Å². The topological polar surface area (TPSA) is 26.0 Å². The molecule has 0 aliphatic heterocycles. The third-order valence-electron chi connectivity index (χ3n) is 2.23. The molecule has 0 radical (unpaired) electrons. The quantitative estimate of drug-likeness (QED) is 0.835. The number of anilines is 1. The molecule has 0 unspecified atom stereocenters. The fraction of sp³-hybridized carbons (Fsp3) is 0.0909. The largest absolute Gasteiger partial charge is 0.397 e. The van der Waals surface area contributed by atoms with Gasteiger partial charge in [-0.3, -0.25) is 0 Å². The molecule has 0 aliphatic rings. The average Bonchev–Trinajstić information content (AvgIpc) is 2.46. The lowest BCUT2D eigenvalue weighted by Gasteiger charge is -1.99. The highest BCUT2D eigenvalue weighted by Crippen LogP contribution is 2.41. The molecule has 1 aromatic heterocycles. The second kappa shape index (κ2) is 3.94. The van der Waals surface area contributed by atoms with Gasteiger partial charge in [0, 0.05) is 4.88 Å². The first-order valence-electron chi connectivity index (χ1n) is 4.40. The van der Waals surface area contributed by atoms with Crippen molar-refractivity contribution in [2.75, 3.05) is 5.73 Å². The van der Waals surface area contributed by atoms with Crippen molar-refractivity contribution in [3.05, 3.63) is 39.4 Å². The van der Waals surface area contributed by atoms with Gasteiger partial charge in [0.15, 0.2) is 0 Å². The standard InChI is InChI=1S/C11H9BrFNS/c1-6-9(14)11(12)15-10(6)7-3-2-4-8(13)5-7/h2-5H,14H2,1H3. The summed E-state index contributed by atoms with van der Waals surface area (Å²) in [5, 5.41) is 0. The molecule has 0 spiro atoms. The third kappa shape index (κ3) is 1.92. The predicted molar refractivity (Wildman–Crippen MR) is 66.6 cm³/mol. The van der Waals surface area contributed by atoms with Crippen LogP contribution in [0, 0.1) is 12.7 Å². The maximum absolute atomic E-state index is 13.1. The molecule has 2 aromatic rings. The zero-order valence-corrected chi connectivity index (χ0v) is 10.5. The fourth-order valence-electron chi connectivity index (χ4n) is 1.40. The van der Waals surface area contributed by atoms with Gasteiger partial charge in [-0.05, 0) is 46.1 Å². The number of benzene rings is 1. The summed E-state index contributed by atoms with van der Waals surface area (Å²) in [4.78, 5) is 1.01. The van der Waals surface area contributed by atoms with Gasteiger partial charge in [0.05, 0.1) is 9.47 Å². The lowest BCUT2D eigenvalue weighted by molar-refractivity contribution is 0.628. The number of hydrogen-bond acceptors (Lipinski definition) is 2. The fourth-order valence-corrected chi connectivity index (χ4v) is 3.13. The molecular formula is C11H9BrFNS. The van der Waals surface area contributed by atoms with Gasteiger partial charge in [-0.2, -0.15) is 0 Å². The number of rotatable bonds is 1. The Morgan fingerprint density at radius 1 is 1.40 bits per heavy atom. The van der Waals surface area contributed by atoms with Crippen LogP contribution in [0.25, 0.3) is 10.4 Å². The van der Waals surface area contributed by atoms with Crippen molar-refractivity contribution in [2.24, 2.45) is 0 Å². The van der Waals surface area contributed by atoms with Gasteiger partial charge in [0.1, 0.15) is 5.82 Å². The van der Waals surface area contributed by atoms with Gasteiger partial charge in [-0.1, -0.05) is 12.1 Å². The molecule has 2 rings (SSSR count).